The number of carbonyl (C=O) groups excluding carboxylic acids is 1. The molecule has 0 aromatic carbocycles. The standard InChI is InChI=1S/C26H38F6N4O2/c1-15(17-4-6-20(7-5-17)25(27,28)29)35-23(37)19-12-16(14-36-9-10-38-24(36)33)11-18(13-19)21-3-2-8-34-22(21)26(30,31)32/h9-10,15-22,33-34H,2-8,11-14H2,1H3,(H,35,37)/t15-,16?,17?,18?,19?,20?,21?,22?/m0/s1. The van der Waals surface area contributed by atoms with Crippen molar-refractivity contribution in [2.45, 2.75) is 95.7 Å². The lowest BCUT2D eigenvalue weighted by Gasteiger charge is -2.44. The van der Waals surface area contributed by atoms with Crippen molar-refractivity contribution in [2.75, 3.05) is 6.54 Å². The summed E-state index contributed by atoms with van der Waals surface area (Å²) in [5.41, 5.74) is -0.0521. The number of amides is 1. The summed E-state index contributed by atoms with van der Waals surface area (Å²) < 4.78 is 87.4. The van der Waals surface area contributed by atoms with Crippen molar-refractivity contribution in [3.05, 3.63) is 18.1 Å². The van der Waals surface area contributed by atoms with Gasteiger partial charge in [0.1, 0.15) is 12.3 Å². The molecular formula is C26H38F6N4O2. The molecule has 0 spiro atoms. The van der Waals surface area contributed by atoms with Gasteiger partial charge in [0.15, 0.2) is 0 Å². The van der Waals surface area contributed by atoms with E-state index in [2.05, 4.69) is 10.6 Å². The van der Waals surface area contributed by atoms with Gasteiger partial charge in [0.05, 0.1) is 5.92 Å². The molecule has 3 aliphatic rings. The number of nitrogens with zero attached hydrogens (tertiary/aromatic N) is 1. The Hall–Kier alpha value is -1.98. The second kappa shape index (κ2) is 11.6. The zero-order chi connectivity index (χ0) is 27.7. The normalized spacial score (nSPS) is 34.0. The molecule has 4 rings (SSSR count). The van der Waals surface area contributed by atoms with Crippen LogP contribution in [0, 0.1) is 40.9 Å². The van der Waals surface area contributed by atoms with E-state index in [-0.39, 0.29) is 48.2 Å². The minimum Gasteiger partial charge on any atom is -0.432 e. The molecule has 38 heavy (non-hydrogen) atoms. The highest BCUT2D eigenvalue weighted by atomic mass is 19.4. The summed E-state index contributed by atoms with van der Waals surface area (Å²) in [7, 11) is 0. The van der Waals surface area contributed by atoms with Crippen molar-refractivity contribution < 1.29 is 35.6 Å². The number of piperidine rings is 1. The molecule has 1 saturated heterocycles. The fourth-order valence-electron chi connectivity index (χ4n) is 7.11. The van der Waals surface area contributed by atoms with Gasteiger partial charge in [-0.05, 0) is 94.9 Å². The summed E-state index contributed by atoms with van der Waals surface area (Å²) in [5.74, 6) is -3.15. The van der Waals surface area contributed by atoms with Gasteiger partial charge in [-0.3, -0.25) is 14.8 Å². The third-order valence-corrected chi connectivity index (χ3v) is 9.12. The molecule has 1 amide bonds. The first kappa shape index (κ1) is 29.0. The molecule has 2 aliphatic carbocycles. The van der Waals surface area contributed by atoms with Crippen LogP contribution in [-0.2, 0) is 11.3 Å². The molecule has 3 fully saturated rings. The minimum atomic E-state index is -4.38. The van der Waals surface area contributed by atoms with Crippen molar-refractivity contribution in [1.82, 2.24) is 15.2 Å². The van der Waals surface area contributed by atoms with Crippen molar-refractivity contribution in [3.63, 3.8) is 0 Å². The molecule has 0 radical (unpaired) electrons. The first-order valence-corrected chi connectivity index (χ1v) is 13.7. The van der Waals surface area contributed by atoms with Gasteiger partial charge in [-0.2, -0.15) is 26.3 Å². The van der Waals surface area contributed by atoms with Crippen molar-refractivity contribution in [1.29, 1.82) is 5.41 Å². The highest BCUT2D eigenvalue weighted by molar-refractivity contribution is 5.79. The van der Waals surface area contributed by atoms with Gasteiger partial charge in [0.2, 0.25) is 5.91 Å². The number of hydrogen-bond donors (Lipinski definition) is 3. The molecule has 2 heterocycles. The van der Waals surface area contributed by atoms with Gasteiger partial charge < -0.3 is 15.1 Å². The number of hydrogen-bond acceptors (Lipinski definition) is 4. The average molecular weight is 553 g/mol. The monoisotopic (exact) mass is 552 g/mol. The zero-order valence-electron chi connectivity index (χ0n) is 21.6. The lowest BCUT2D eigenvalue weighted by atomic mass is 9.66. The van der Waals surface area contributed by atoms with E-state index in [9.17, 15) is 31.1 Å². The lowest BCUT2D eigenvalue weighted by Crippen LogP contribution is -2.54. The van der Waals surface area contributed by atoms with Crippen molar-refractivity contribution >= 4 is 5.91 Å². The number of aromatic nitrogens is 1. The number of halogens is 6. The van der Waals surface area contributed by atoms with Crippen molar-refractivity contribution in [3.8, 4) is 0 Å². The fourth-order valence-corrected chi connectivity index (χ4v) is 7.11. The molecule has 216 valence electrons. The Labute approximate surface area is 218 Å². The predicted octanol–water partition coefficient (Wildman–Crippen LogP) is 5.40. The summed E-state index contributed by atoms with van der Waals surface area (Å²) in [4.78, 5) is 13.4. The van der Waals surface area contributed by atoms with Crippen molar-refractivity contribution in [2.24, 2.45) is 35.5 Å². The zero-order valence-corrected chi connectivity index (χ0v) is 21.6. The van der Waals surface area contributed by atoms with E-state index in [1.54, 1.807) is 10.8 Å². The molecule has 3 N–H and O–H groups in total. The maximum atomic E-state index is 13.9. The fraction of sp³-hybridized carbons (Fsp3) is 0.846. The Morgan fingerprint density at radius 3 is 2.42 bits per heavy atom. The van der Waals surface area contributed by atoms with Crippen LogP contribution in [0.4, 0.5) is 26.3 Å². The summed E-state index contributed by atoms with van der Waals surface area (Å²) in [6.45, 7) is 2.50. The largest absolute Gasteiger partial charge is 0.432 e. The van der Waals surface area contributed by atoms with Crippen LogP contribution >= 0.6 is 0 Å². The van der Waals surface area contributed by atoms with Crippen LogP contribution in [0.5, 0.6) is 0 Å². The predicted molar refractivity (Wildman–Crippen MR) is 127 cm³/mol. The number of nitrogens with one attached hydrogen (secondary N) is 3. The summed E-state index contributed by atoms with van der Waals surface area (Å²) >= 11 is 0. The maximum Gasteiger partial charge on any atom is 0.404 e. The molecule has 1 aliphatic heterocycles. The second-order valence-corrected chi connectivity index (χ2v) is 11.6. The Morgan fingerprint density at radius 1 is 1.11 bits per heavy atom. The molecule has 6 atom stereocenters. The van der Waals surface area contributed by atoms with Crippen LogP contribution in [-0.4, -0.2) is 41.5 Å². The minimum absolute atomic E-state index is 0.0485. The van der Waals surface area contributed by atoms with Crippen LogP contribution in [0.2, 0.25) is 0 Å². The van der Waals surface area contributed by atoms with E-state index in [1.165, 1.54) is 6.26 Å². The second-order valence-electron chi connectivity index (χ2n) is 11.6. The molecule has 1 aromatic heterocycles. The average Bonchev–Trinajstić information content (AvgIpc) is 3.26. The van der Waals surface area contributed by atoms with E-state index in [0.29, 0.717) is 58.0 Å². The molecule has 6 nitrogen and oxygen atoms in total. The number of rotatable bonds is 6. The lowest BCUT2D eigenvalue weighted by molar-refractivity contribution is -0.184. The molecule has 12 heteroatoms. The molecule has 5 unspecified atom stereocenters. The third-order valence-electron chi connectivity index (χ3n) is 9.12. The molecule has 0 bridgehead atoms. The van der Waals surface area contributed by atoms with E-state index in [0.717, 1.165) is 0 Å². The summed E-state index contributed by atoms with van der Waals surface area (Å²) in [6.07, 6.45) is -2.30. The highest BCUT2D eigenvalue weighted by Crippen LogP contribution is 2.45. The van der Waals surface area contributed by atoms with E-state index < -0.39 is 36.1 Å². The van der Waals surface area contributed by atoms with Gasteiger partial charge in [-0.1, -0.05) is 0 Å². The van der Waals surface area contributed by atoms with Crippen LogP contribution < -0.4 is 16.3 Å². The van der Waals surface area contributed by atoms with Gasteiger partial charge in [0, 0.05) is 24.7 Å². The van der Waals surface area contributed by atoms with Crippen LogP contribution in [0.3, 0.4) is 0 Å². The smallest absolute Gasteiger partial charge is 0.404 e. The Kier molecular flexibility index (Phi) is 8.88. The molecule has 2 saturated carbocycles. The highest BCUT2D eigenvalue weighted by Gasteiger charge is 2.50. The quantitative estimate of drug-likeness (QED) is 0.414. The first-order valence-electron chi connectivity index (χ1n) is 13.7. The van der Waals surface area contributed by atoms with E-state index >= 15 is 0 Å². The van der Waals surface area contributed by atoms with Crippen LogP contribution in [0.25, 0.3) is 0 Å². The first-order chi connectivity index (χ1) is 17.8. The SMILES string of the molecule is C[C@H](NC(=O)C1CC(Cn2ccoc2=N)CC(C2CCCNC2C(F)(F)F)C1)C1CCC(C(F)(F)F)CC1. The number of oxazole rings is 1. The van der Waals surface area contributed by atoms with E-state index in [1.807, 2.05) is 6.92 Å². The van der Waals surface area contributed by atoms with Gasteiger partial charge in [-0.25, -0.2) is 0 Å². The summed E-state index contributed by atoms with van der Waals surface area (Å²) in [5, 5.41) is 13.6. The topological polar surface area (TPSA) is 83.1 Å². The summed E-state index contributed by atoms with van der Waals surface area (Å²) in [6, 6.07) is -1.92. The van der Waals surface area contributed by atoms with Crippen LogP contribution in [0.15, 0.2) is 16.9 Å². The third kappa shape index (κ3) is 6.96. The maximum absolute atomic E-state index is 13.9. The Bertz CT molecular complexity index is 981. The molecular weight excluding hydrogens is 514 g/mol. The number of alkyl halides is 6. The van der Waals surface area contributed by atoms with Gasteiger partial charge in [0.25, 0.3) is 5.68 Å². The van der Waals surface area contributed by atoms with Crippen LogP contribution in [0.1, 0.15) is 64.7 Å². The van der Waals surface area contributed by atoms with E-state index in [4.69, 9.17) is 9.83 Å². The number of carbonyl (C=O) groups is 1. The van der Waals surface area contributed by atoms with Gasteiger partial charge >= 0.3 is 12.4 Å². The Balaban J connectivity index is 1.45. The van der Waals surface area contributed by atoms with Gasteiger partial charge in [-0.15, -0.1) is 0 Å². The molecule has 1 aromatic rings. The Morgan fingerprint density at radius 2 is 1.82 bits per heavy atom.